The van der Waals surface area contributed by atoms with E-state index in [9.17, 15) is 15.2 Å². The Hall–Kier alpha value is -1.46. The molecule has 1 fully saturated rings. The molecule has 3 unspecified atom stereocenters. The van der Waals surface area contributed by atoms with Gasteiger partial charge in [0.2, 0.25) is 0 Å². The normalized spacial score (nSPS) is 23.7. The van der Waals surface area contributed by atoms with Crippen LogP contribution >= 0.6 is 0 Å². The largest absolute Gasteiger partial charge is 0.387 e. The molecule has 1 aliphatic carbocycles. The molecule has 0 saturated heterocycles. The Bertz CT molecular complexity index is 461. The number of aliphatic hydroxyl groups excluding tert-OH is 1. The maximum absolute atomic E-state index is 10.6. The average molecular weight is 292 g/mol. The van der Waals surface area contributed by atoms with Crippen molar-refractivity contribution in [1.82, 2.24) is 5.32 Å². The summed E-state index contributed by atoms with van der Waals surface area (Å²) in [6.45, 7) is 3.73. The number of non-ortho nitro benzene ring substituents is 1. The van der Waals surface area contributed by atoms with Crippen LogP contribution in [-0.4, -0.2) is 23.1 Å². The Balaban J connectivity index is 1.76. The molecule has 116 valence electrons. The standard InChI is InChI=1S/C16H24N2O3/c1-12-3-2-4-13(9-12)10-17-11-16(19)14-5-7-15(8-6-14)18(20)21/h5-8,12-13,16-17,19H,2-4,9-11H2,1H3. The van der Waals surface area contributed by atoms with E-state index < -0.39 is 11.0 Å². The van der Waals surface area contributed by atoms with Crippen LogP contribution in [0.2, 0.25) is 0 Å². The molecular weight excluding hydrogens is 268 g/mol. The van der Waals surface area contributed by atoms with Gasteiger partial charge < -0.3 is 10.4 Å². The van der Waals surface area contributed by atoms with Crippen LogP contribution in [0.3, 0.4) is 0 Å². The maximum Gasteiger partial charge on any atom is 0.269 e. The second-order valence-electron chi connectivity index (χ2n) is 6.16. The number of rotatable bonds is 6. The number of nitrogens with one attached hydrogen (secondary N) is 1. The molecule has 3 atom stereocenters. The molecule has 1 aliphatic rings. The van der Waals surface area contributed by atoms with Gasteiger partial charge in [-0.25, -0.2) is 0 Å². The summed E-state index contributed by atoms with van der Waals surface area (Å²) in [6, 6.07) is 6.10. The number of hydrogen-bond acceptors (Lipinski definition) is 4. The van der Waals surface area contributed by atoms with Crippen LogP contribution in [0.15, 0.2) is 24.3 Å². The van der Waals surface area contributed by atoms with E-state index in [1.807, 2.05) is 0 Å². The minimum atomic E-state index is -0.619. The zero-order valence-corrected chi connectivity index (χ0v) is 12.5. The van der Waals surface area contributed by atoms with Gasteiger partial charge in [0, 0.05) is 18.7 Å². The van der Waals surface area contributed by atoms with Crippen LogP contribution in [0.1, 0.15) is 44.3 Å². The van der Waals surface area contributed by atoms with Crippen molar-refractivity contribution in [3.8, 4) is 0 Å². The Morgan fingerprint density at radius 3 is 2.71 bits per heavy atom. The van der Waals surface area contributed by atoms with Crippen molar-refractivity contribution >= 4 is 5.69 Å². The minimum absolute atomic E-state index is 0.0510. The van der Waals surface area contributed by atoms with Crippen molar-refractivity contribution in [3.05, 3.63) is 39.9 Å². The lowest BCUT2D eigenvalue weighted by Gasteiger charge is -2.27. The number of hydrogen-bond donors (Lipinski definition) is 2. The van der Waals surface area contributed by atoms with Gasteiger partial charge in [-0.15, -0.1) is 0 Å². The van der Waals surface area contributed by atoms with Crippen LogP contribution in [0.4, 0.5) is 5.69 Å². The van der Waals surface area contributed by atoms with Crippen molar-refractivity contribution in [2.24, 2.45) is 11.8 Å². The summed E-state index contributed by atoms with van der Waals surface area (Å²) < 4.78 is 0. The molecule has 2 N–H and O–H groups in total. The highest BCUT2D eigenvalue weighted by Gasteiger charge is 2.19. The molecule has 1 saturated carbocycles. The second kappa shape index (κ2) is 7.52. The van der Waals surface area contributed by atoms with Gasteiger partial charge in [0.05, 0.1) is 11.0 Å². The SMILES string of the molecule is CC1CCCC(CNCC(O)c2ccc([N+](=O)[O-])cc2)C1. The number of nitro groups is 1. The molecule has 0 spiro atoms. The first kappa shape index (κ1) is 15.9. The van der Waals surface area contributed by atoms with Crippen molar-refractivity contribution in [3.63, 3.8) is 0 Å². The van der Waals surface area contributed by atoms with Crippen molar-refractivity contribution in [2.75, 3.05) is 13.1 Å². The van der Waals surface area contributed by atoms with Gasteiger partial charge in [-0.2, -0.15) is 0 Å². The Morgan fingerprint density at radius 2 is 2.10 bits per heavy atom. The highest BCUT2D eigenvalue weighted by molar-refractivity contribution is 5.33. The fourth-order valence-electron chi connectivity index (χ4n) is 3.11. The molecule has 5 nitrogen and oxygen atoms in total. The summed E-state index contributed by atoms with van der Waals surface area (Å²) in [7, 11) is 0. The average Bonchev–Trinajstić information content (AvgIpc) is 2.47. The fourth-order valence-corrected chi connectivity index (χ4v) is 3.11. The molecular formula is C16H24N2O3. The number of nitrogens with zero attached hydrogens (tertiary/aromatic N) is 1. The summed E-state index contributed by atoms with van der Waals surface area (Å²) in [6.07, 6.45) is 4.55. The van der Waals surface area contributed by atoms with E-state index in [0.29, 0.717) is 18.0 Å². The zero-order valence-electron chi connectivity index (χ0n) is 12.5. The molecule has 0 amide bonds. The van der Waals surface area contributed by atoms with E-state index in [2.05, 4.69) is 12.2 Å². The molecule has 0 radical (unpaired) electrons. The van der Waals surface area contributed by atoms with Gasteiger partial charge in [0.15, 0.2) is 0 Å². The lowest BCUT2D eigenvalue weighted by atomic mass is 9.82. The monoisotopic (exact) mass is 292 g/mol. The van der Waals surface area contributed by atoms with Gasteiger partial charge in [-0.05, 0) is 48.9 Å². The Morgan fingerprint density at radius 1 is 1.38 bits per heavy atom. The molecule has 2 rings (SSSR count). The van der Waals surface area contributed by atoms with Crippen LogP contribution in [0.25, 0.3) is 0 Å². The summed E-state index contributed by atoms with van der Waals surface area (Å²) in [5, 5.41) is 24.0. The van der Waals surface area contributed by atoms with Gasteiger partial charge in [-0.3, -0.25) is 10.1 Å². The molecule has 1 aromatic carbocycles. The minimum Gasteiger partial charge on any atom is -0.387 e. The predicted molar refractivity (Wildman–Crippen MR) is 82.0 cm³/mol. The highest BCUT2D eigenvalue weighted by atomic mass is 16.6. The predicted octanol–water partition coefficient (Wildman–Crippen LogP) is 3.04. The first-order chi connectivity index (χ1) is 10.1. The van der Waals surface area contributed by atoms with Gasteiger partial charge in [-0.1, -0.05) is 19.8 Å². The lowest BCUT2D eigenvalue weighted by Crippen LogP contribution is -2.29. The van der Waals surface area contributed by atoms with Crippen molar-refractivity contribution in [2.45, 2.75) is 38.7 Å². The quantitative estimate of drug-likeness (QED) is 0.624. The maximum atomic E-state index is 10.6. The van der Waals surface area contributed by atoms with Crippen LogP contribution in [0, 0.1) is 22.0 Å². The zero-order chi connectivity index (χ0) is 15.2. The van der Waals surface area contributed by atoms with Gasteiger partial charge in [0.25, 0.3) is 5.69 Å². The Labute approximate surface area is 125 Å². The Kier molecular flexibility index (Phi) is 5.70. The molecule has 21 heavy (non-hydrogen) atoms. The van der Waals surface area contributed by atoms with E-state index in [-0.39, 0.29) is 5.69 Å². The summed E-state index contributed by atoms with van der Waals surface area (Å²) in [5.74, 6) is 1.52. The highest BCUT2D eigenvalue weighted by Crippen LogP contribution is 2.28. The summed E-state index contributed by atoms with van der Waals surface area (Å²) in [5.41, 5.74) is 0.764. The van der Waals surface area contributed by atoms with Gasteiger partial charge in [0.1, 0.15) is 0 Å². The summed E-state index contributed by atoms with van der Waals surface area (Å²) >= 11 is 0. The van der Waals surface area contributed by atoms with Crippen LogP contribution in [-0.2, 0) is 0 Å². The van der Waals surface area contributed by atoms with E-state index in [1.54, 1.807) is 12.1 Å². The van der Waals surface area contributed by atoms with Gasteiger partial charge >= 0.3 is 0 Å². The molecule has 0 aliphatic heterocycles. The third kappa shape index (κ3) is 4.79. The third-order valence-electron chi connectivity index (χ3n) is 4.30. The van der Waals surface area contributed by atoms with E-state index in [4.69, 9.17) is 0 Å². The molecule has 5 heteroatoms. The molecule has 0 heterocycles. The summed E-state index contributed by atoms with van der Waals surface area (Å²) in [4.78, 5) is 10.2. The molecule has 1 aromatic rings. The molecule has 0 bridgehead atoms. The van der Waals surface area contributed by atoms with Crippen molar-refractivity contribution < 1.29 is 10.0 Å². The number of benzene rings is 1. The third-order valence-corrected chi connectivity index (χ3v) is 4.30. The van der Waals surface area contributed by atoms with Crippen LogP contribution < -0.4 is 5.32 Å². The topological polar surface area (TPSA) is 75.4 Å². The smallest absolute Gasteiger partial charge is 0.269 e. The van der Waals surface area contributed by atoms with E-state index in [0.717, 1.165) is 12.5 Å². The second-order valence-corrected chi connectivity index (χ2v) is 6.16. The molecule has 0 aromatic heterocycles. The van der Waals surface area contributed by atoms with Crippen LogP contribution in [0.5, 0.6) is 0 Å². The van der Waals surface area contributed by atoms with E-state index >= 15 is 0 Å². The number of nitro benzene ring substituents is 1. The lowest BCUT2D eigenvalue weighted by molar-refractivity contribution is -0.384. The first-order valence-corrected chi connectivity index (χ1v) is 7.69. The fraction of sp³-hybridized carbons (Fsp3) is 0.625. The number of aliphatic hydroxyl groups is 1. The van der Waals surface area contributed by atoms with E-state index in [1.165, 1.54) is 37.8 Å². The van der Waals surface area contributed by atoms with Crippen molar-refractivity contribution in [1.29, 1.82) is 0 Å². The first-order valence-electron chi connectivity index (χ1n) is 7.69.